The van der Waals surface area contributed by atoms with E-state index in [4.69, 9.17) is 4.74 Å². The second-order valence-corrected chi connectivity index (χ2v) is 5.94. The van der Waals surface area contributed by atoms with Gasteiger partial charge in [0.2, 0.25) is 0 Å². The molecule has 0 fully saturated rings. The average Bonchev–Trinajstić information content (AvgIpc) is 2.67. The number of carbonyl (C=O) groups is 1. The summed E-state index contributed by atoms with van der Waals surface area (Å²) in [4.78, 5) is 16.6. The van der Waals surface area contributed by atoms with Gasteiger partial charge in [0.15, 0.2) is 0 Å². The molecule has 1 amide bonds. The first kappa shape index (κ1) is 17.0. The number of fused-ring (bicyclic) bond motifs is 1. The lowest BCUT2D eigenvalue weighted by Gasteiger charge is -2.08. The van der Waals surface area contributed by atoms with E-state index in [2.05, 4.69) is 17.2 Å². The number of nitrogens with zero attached hydrogens (tertiary/aromatic N) is 1. The summed E-state index contributed by atoms with van der Waals surface area (Å²) in [7, 11) is 0. The predicted octanol–water partition coefficient (Wildman–Crippen LogP) is 4.34. The van der Waals surface area contributed by atoms with Crippen LogP contribution in [0, 0.1) is 0 Å². The van der Waals surface area contributed by atoms with Crippen molar-refractivity contribution in [1.29, 1.82) is 0 Å². The van der Waals surface area contributed by atoms with Crippen LogP contribution in [-0.2, 0) is 6.54 Å². The Morgan fingerprint density at radius 1 is 1.12 bits per heavy atom. The lowest BCUT2D eigenvalue weighted by atomic mass is 10.1. The van der Waals surface area contributed by atoms with E-state index in [0.29, 0.717) is 12.1 Å². The lowest BCUT2D eigenvalue weighted by molar-refractivity contribution is 0.0951. The van der Waals surface area contributed by atoms with Crippen molar-refractivity contribution in [3.63, 3.8) is 0 Å². The van der Waals surface area contributed by atoms with Crippen molar-refractivity contribution in [2.45, 2.75) is 26.3 Å². The van der Waals surface area contributed by atoms with Gasteiger partial charge in [-0.2, -0.15) is 0 Å². The lowest BCUT2D eigenvalue weighted by Crippen LogP contribution is -2.22. The highest BCUT2D eigenvalue weighted by Crippen LogP contribution is 2.15. The Bertz CT molecular complexity index is 844. The SMILES string of the molecule is CCCCOc1ccc(CNC(=O)c2ccc3ncccc3c2)cc1. The first-order valence-electron chi connectivity index (χ1n) is 8.61. The quantitative estimate of drug-likeness (QED) is 0.654. The Labute approximate surface area is 147 Å². The highest BCUT2D eigenvalue weighted by atomic mass is 16.5. The molecule has 0 saturated carbocycles. The topological polar surface area (TPSA) is 51.2 Å². The van der Waals surface area contributed by atoms with Crippen LogP contribution < -0.4 is 10.1 Å². The molecule has 25 heavy (non-hydrogen) atoms. The summed E-state index contributed by atoms with van der Waals surface area (Å²) >= 11 is 0. The molecule has 0 radical (unpaired) electrons. The molecule has 0 bridgehead atoms. The zero-order chi connectivity index (χ0) is 17.5. The van der Waals surface area contributed by atoms with Crippen LogP contribution in [0.2, 0.25) is 0 Å². The molecule has 3 aromatic rings. The molecule has 3 rings (SSSR count). The molecular formula is C21H22N2O2. The fraction of sp³-hybridized carbons (Fsp3) is 0.238. The molecule has 4 nitrogen and oxygen atoms in total. The summed E-state index contributed by atoms with van der Waals surface area (Å²) in [5, 5.41) is 3.91. The van der Waals surface area contributed by atoms with E-state index in [1.54, 1.807) is 12.3 Å². The molecule has 0 aliphatic rings. The molecule has 2 aromatic carbocycles. The third kappa shape index (κ3) is 4.57. The first-order chi connectivity index (χ1) is 12.3. The Hall–Kier alpha value is -2.88. The van der Waals surface area contributed by atoms with E-state index in [1.165, 1.54) is 0 Å². The number of amides is 1. The van der Waals surface area contributed by atoms with Gasteiger partial charge in [0.05, 0.1) is 12.1 Å². The molecule has 4 heteroatoms. The van der Waals surface area contributed by atoms with Crippen LogP contribution in [0.5, 0.6) is 5.75 Å². The van der Waals surface area contributed by atoms with Crippen LogP contribution >= 0.6 is 0 Å². The number of pyridine rings is 1. The van der Waals surface area contributed by atoms with Crippen molar-refractivity contribution >= 4 is 16.8 Å². The van der Waals surface area contributed by atoms with Crippen LogP contribution in [0.3, 0.4) is 0 Å². The summed E-state index contributed by atoms with van der Waals surface area (Å²) in [6.45, 7) is 3.36. The monoisotopic (exact) mass is 334 g/mol. The molecule has 0 aliphatic heterocycles. The zero-order valence-corrected chi connectivity index (χ0v) is 14.4. The minimum atomic E-state index is -0.0889. The van der Waals surface area contributed by atoms with Gasteiger partial charge in [-0.05, 0) is 48.4 Å². The minimum Gasteiger partial charge on any atom is -0.494 e. The summed E-state index contributed by atoms with van der Waals surface area (Å²) in [6.07, 6.45) is 3.92. The van der Waals surface area contributed by atoms with Gasteiger partial charge in [-0.3, -0.25) is 9.78 Å². The van der Waals surface area contributed by atoms with E-state index in [0.717, 1.165) is 41.7 Å². The van der Waals surface area contributed by atoms with Crippen LogP contribution in [0.25, 0.3) is 10.9 Å². The highest BCUT2D eigenvalue weighted by molar-refractivity contribution is 5.97. The third-order valence-electron chi connectivity index (χ3n) is 4.01. The van der Waals surface area contributed by atoms with Gasteiger partial charge in [-0.25, -0.2) is 0 Å². The van der Waals surface area contributed by atoms with Gasteiger partial charge >= 0.3 is 0 Å². The van der Waals surface area contributed by atoms with Crippen molar-refractivity contribution in [2.75, 3.05) is 6.61 Å². The van der Waals surface area contributed by atoms with Gasteiger partial charge in [-0.1, -0.05) is 31.5 Å². The van der Waals surface area contributed by atoms with E-state index < -0.39 is 0 Å². The number of rotatable bonds is 7. The van der Waals surface area contributed by atoms with Crippen molar-refractivity contribution in [3.8, 4) is 5.75 Å². The van der Waals surface area contributed by atoms with Crippen molar-refractivity contribution in [3.05, 3.63) is 71.9 Å². The molecule has 0 aliphatic carbocycles. The smallest absolute Gasteiger partial charge is 0.251 e. The second kappa shape index (κ2) is 8.29. The maximum Gasteiger partial charge on any atom is 0.251 e. The number of hydrogen-bond donors (Lipinski definition) is 1. The molecule has 0 saturated heterocycles. The zero-order valence-electron chi connectivity index (χ0n) is 14.4. The maximum atomic E-state index is 12.3. The molecule has 1 heterocycles. The molecule has 0 unspecified atom stereocenters. The molecular weight excluding hydrogens is 312 g/mol. The Balaban J connectivity index is 1.57. The van der Waals surface area contributed by atoms with Gasteiger partial charge < -0.3 is 10.1 Å². The second-order valence-electron chi connectivity index (χ2n) is 5.94. The third-order valence-corrected chi connectivity index (χ3v) is 4.01. The van der Waals surface area contributed by atoms with E-state index in [-0.39, 0.29) is 5.91 Å². The van der Waals surface area contributed by atoms with Gasteiger partial charge in [0, 0.05) is 23.7 Å². The average molecular weight is 334 g/mol. The summed E-state index contributed by atoms with van der Waals surface area (Å²) in [5.41, 5.74) is 2.57. The predicted molar refractivity (Wildman–Crippen MR) is 99.8 cm³/mol. The number of ether oxygens (including phenoxy) is 1. The van der Waals surface area contributed by atoms with Crippen molar-refractivity contribution in [2.24, 2.45) is 0 Å². The van der Waals surface area contributed by atoms with Crippen LogP contribution in [0.4, 0.5) is 0 Å². The van der Waals surface area contributed by atoms with Gasteiger partial charge in [0.25, 0.3) is 5.91 Å². The number of hydrogen-bond acceptors (Lipinski definition) is 3. The maximum absolute atomic E-state index is 12.3. The molecule has 1 aromatic heterocycles. The number of aromatic nitrogens is 1. The molecule has 1 N–H and O–H groups in total. The summed E-state index contributed by atoms with van der Waals surface area (Å²) < 4.78 is 5.64. The number of unbranched alkanes of at least 4 members (excludes halogenated alkanes) is 1. The Morgan fingerprint density at radius 3 is 2.76 bits per heavy atom. The normalized spacial score (nSPS) is 10.6. The van der Waals surface area contributed by atoms with Crippen LogP contribution in [-0.4, -0.2) is 17.5 Å². The van der Waals surface area contributed by atoms with Crippen molar-refractivity contribution in [1.82, 2.24) is 10.3 Å². The Kier molecular flexibility index (Phi) is 5.62. The molecule has 0 spiro atoms. The van der Waals surface area contributed by atoms with Crippen LogP contribution in [0.15, 0.2) is 60.8 Å². The summed E-state index contributed by atoms with van der Waals surface area (Å²) in [5.74, 6) is 0.777. The van der Waals surface area contributed by atoms with Gasteiger partial charge in [0.1, 0.15) is 5.75 Å². The molecule has 128 valence electrons. The number of carbonyl (C=O) groups excluding carboxylic acids is 1. The van der Waals surface area contributed by atoms with Gasteiger partial charge in [-0.15, -0.1) is 0 Å². The number of nitrogens with one attached hydrogen (secondary N) is 1. The van der Waals surface area contributed by atoms with E-state index in [9.17, 15) is 4.79 Å². The highest BCUT2D eigenvalue weighted by Gasteiger charge is 2.06. The largest absolute Gasteiger partial charge is 0.494 e. The van der Waals surface area contributed by atoms with E-state index >= 15 is 0 Å². The molecule has 0 atom stereocenters. The standard InChI is InChI=1S/C21H22N2O2/c1-2-3-13-25-19-9-6-16(7-10-19)15-23-21(24)18-8-11-20-17(14-18)5-4-12-22-20/h4-12,14H,2-3,13,15H2,1H3,(H,23,24). The fourth-order valence-electron chi connectivity index (χ4n) is 2.54. The van der Waals surface area contributed by atoms with Crippen molar-refractivity contribution < 1.29 is 9.53 Å². The first-order valence-corrected chi connectivity index (χ1v) is 8.61. The van der Waals surface area contributed by atoms with Crippen LogP contribution in [0.1, 0.15) is 35.7 Å². The fourth-order valence-corrected chi connectivity index (χ4v) is 2.54. The Morgan fingerprint density at radius 2 is 1.96 bits per heavy atom. The van der Waals surface area contributed by atoms with E-state index in [1.807, 2.05) is 48.5 Å². The minimum absolute atomic E-state index is 0.0889. The summed E-state index contributed by atoms with van der Waals surface area (Å²) in [6, 6.07) is 17.2. The number of benzene rings is 2.